The van der Waals surface area contributed by atoms with Crippen LogP contribution >= 0.6 is 22.9 Å². The van der Waals surface area contributed by atoms with Crippen LogP contribution in [0.3, 0.4) is 0 Å². The highest BCUT2D eigenvalue weighted by Crippen LogP contribution is 2.35. The van der Waals surface area contributed by atoms with Gasteiger partial charge < -0.3 is 14.2 Å². The Morgan fingerprint density at radius 2 is 1.63 bits per heavy atom. The van der Waals surface area contributed by atoms with Gasteiger partial charge in [-0.05, 0) is 60.5 Å². The molecule has 1 N–H and O–H groups in total. The van der Waals surface area contributed by atoms with Gasteiger partial charge >= 0.3 is 5.97 Å². The van der Waals surface area contributed by atoms with Gasteiger partial charge in [0.2, 0.25) is 0 Å². The quantitative estimate of drug-likeness (QED) is 0.0807. The zero-order valence-electron chi connectivity index (χ0n) is 22.0. The average Bonchev–Trinajstić information content (AvgIpc) is 3.34. The van der Waals surface area contributed by atoms with Crippen LogP contribution in [0.1, 0.15) is 27.7 Å². The standard InChI is InChI=1S/C32H25ClN2O5S/c1-21(39-25-16-14-24(15-17-25)38-20-22-8-3-2-4-9-22)31(36)35-34-19-23-10-7-11-26(18-23)40-32(37)30-29(33)27-12-5-6-13-28(27)41-30/h2-19,21H,20H2,1H3,(H,35,36)/b34-19-/t21-/m1/s1. The molecule has 7 nitrogen and oxygen atoms in total. The van der Waals surface area contributed by atoms with Gasteiger partial charge in [-0.1, -0.05) is 72.3 Å². The first kappa shape index (κ1) is 27.9. The Morgan fingerprint density at radius 1 is 0.902 bits per heavy atom. The molecule has 1 atom stereocenters. The molecule has 0 unspecified atom stereocenters. The molecule has 5 aromatic rings. The van der Waals surface area contributed by atoms with Crippen LogP contribution in [0.25, 0.3) is 10.1 Å². The molecule has 0 saturated carbocycles. The van der Waals surface area contributed by atoms with Crippen LogP contribution in [-0.2, 0) is 11.4 Å². The fourth-order valence-electron chi connectivity index (χ4n) is 3.83. The van der Waals surface area contributed by atoms with Crippen molar-refractivity contribution in [1.82, 2.24) is 5.43 Å². The van der Waals surface area contributed by atoms with Crippen LogP contribution in [0.4, 0.5) is 0 Å². The van der Waals surface area contributed by atoms with Gasteiger partial charge in [0, 0.05) is 10.1 Å². The number of nitrogens with zero attached hydrogens (tertiary/aromatic N) is 1. The molecule has 0 fully saturated rings. The highest BCUT2D eigenvalue weighted by Gasteiger charge is 2.19. The average molecular weight is 585 g/mol. The van der Waals surface area contributed by atoms with Gasteiger partial charge in [0.1, 0.15) is 28.7 Å². The summed E-state index contributed by atoms with van der Waals surface area (Å²) >= 11 is 7.68. The number of nitrogens with one attached hydrogen (secondary N) is 1. The predicted molar refractivity (Wildman–Crippen MR) is 161 cm³/mol. The van der Waals surface area contributed by atoms with E-state index in [0.29, 0.717) is 39.3 Å². The Kier molecular flexibility index (Phi) is 8.93. The summed E-state index contributed by atoms with van der Waals surface area (Å²) in [6.07, 6.45) is 0.661. The molecule has 1 amide bonds. The zero-order chi connectivity index (χ0) is 28.6. The van der Waals surface area contributed by atoms with Crippen molar-refractivity contribution in [3.63, 3.8) is 0 Å². The molecule has 41 heavy (non-hydrogen) atoms. The number of ether oxygens (including phenoxy) is 3. The summed E-state index contributed by atoms with van der Waals surface area (Å²) in [5.41, 5.74) is 4.16. The maximum absolute atomic E-state index is 12.7. The first-order chi connectivity index (χ1) is 20.0. The van der Waals surface area contributed by atoms with Gasteiger partial charge in [-0.25, -0.2) is 10.2 Å². The van der Waals surface area contributed by atoms with E-state index >= 15 is 0 Å². The second-order valence-corrected chi connectivity index (χ2v) is 10.4. The summed E-state index contributed by atoms with van der Waals surface area (Å²) in [4.78, 5) is 25.6. The van der Waals surface area contributed by atoms with Crippen molar-refractivity contribution in [2.45, 2.75) is 19.6 Å². The monoisotopic (exact) mass is 584 g/mol. The summed E-state index contributed by atoms with van der Waals surface area (Å²) in [6.45, 7) is 2.09. The predicted octanol–water partition coefficient (Wildman–Crippen LogP) is 7.27. The van der Waals surface area contributed by atoms with Crippen molar-refractivity contribution in [1.29, 1.82) is 0 Å². The molecule has 0 saturated heterocycles. The lowest BCUT2D eigenvalue weighted by Crippen LogP contribution is -2.33. The van der Waals surface area contributed by atoms with Crippen molar-refractivity contribution >= 4 is 51.1 Å². The van der Waals surface area contributed by atoms with Crippen LogP contribution in [0.2, 0.25) is 5.02 Å². The Hall–Kier alpha value is -4.66. The number of thiophene rings is 1. The van der Waals surface area contributed by atoms with E-state index < -0.39 is 18.0 Å². The SMILES string of the molecule is C[C@@H](Oc1ccc(OCc2ccccc2)cc1)C(=O)N/N=C\c1cccc(OC(=O)c2sc3ccccc3c2Cl)c1. The number of benzene rings is 4. The summed E-state index contributed by atoms with van der Waals surface area (Å²) in [6, 6.07) is 31.2. The number of esters is 1. The lowest BCUT2D eigenvalue weighted by molar-refractivity contribution is -0.127. The van der Waals surface area contributed by atoms with E-state index in [2.05, 4.69) is 10.5 Å². The number of carbonyl (C=O) groups excluding carboxylic acids is 2. The normalized spacial score (nSPS) is 11.8. The minimum atomic E-state index is -0.790. The molecule has 4 aromatic carbocycles. The highest BCUT2D eigenvalue weighted by molar-refractivity contribution is 7.21. The molecule has 0 spiro atoms. The van der Waals surface area contributed by atoms with Crippen LogP contribution in [-0.4, -0.2) is 24.2 Å². The molecule has 206 valence electrons. The van der Waals surface area contributed by atoms with E-state index in [9.17, 15) is 9.59 Å². The second-order valence-electron chi connectivity index (χ2n) is 8.94. The molecule has 1 heterocycles. The minimum Gasteiger partial charge on any atom is -0.489 e. The highest BCUT2D eigenvalue weighted by atomic mass is 35.5. The maximum atomic E-state index is 12.7. The Labute approximate surface area is 245 Å². The Balaban J connectivity index is 1.11. The fourth-order valence-corrected chi connectivity index (χ4v) is 5.22. The number of amides is 1. The minimum absolute atomic E-state index is 0.326. The van der Waals surface area contributed by atoms with Gasteiger partial charge in [0.05, 0.1) is 11.2 Å². The van der Waals surface area contributed by atoms with E-state index in [-0.39, 0.29) is 0 Å². The topological polar surface area (TPSA) is 86.2 Å². The fraction of sp³-hybridized carbons (Fsp3) is 0.0938. The Bertz CT molecular complexity index is 1690. The molecule has 0 aliphatic heterocycles. The summed E-state index contributed by atoms with van der Waals surface area (Å²) < 4.78 is 17.9. The largest absolute Gasteiger partial charge is 0.489 e. The van der Waals surface area contributed by atoms with Crippen molar-refractivity contribution in [2.24, 2.45) is 5.10 Å². The molecular formula is C32H25ClN2O5S. The zero-order valence-corrected chi connectivity index (χ0v) is 23.5. The van der Waals surface area contributed by atoms with E-state index in [1.54, 1.807) is 55.5 Å². The van der Waals surface area contributed by atoms with Gasteiger partial charge in [-0.2, -0.15) is 5.10 Å². The van der Waals surface area contributed by atoms with E-state index in [0.717, 1.165) is 15.6 Å². The third kappa shape index (κ3) is 7.30. The van der Waals surface area contributed by atoms with E-state index in [1.165, 1.54) is 17.6 Å². The molecule has 0 aliphatic carbocycles. The molecule has 0 bridgehead atoms. The van der Waals surface area contributed by atoms with Gasteiger partial charge in [-0.3, -0.25) is 4.79 Å². The molecule has 0 radical (unpaired) electrons. The van der Waals surface area contributed by atoms with Crippen molar-refractivity contribution in [3.8, 4) is 17.2 Å². The number of rotatable bonds is 10. The van der Waals surface area contributed by atoms with Crippen LogP contribution in [0, 0.1) is 0 Å². The maximum Gasteiger partial charge on any atom is 0.355 e. The van der Waals surface area contributed by atoms with Gasteiger partial charge in [-0.15, -0.1) is 11.3 Å². The smallest absolute Gasteiger partial charge is 0.355 e. The summed E-state index contributed by atoms with van der Waals surface area (Å²) in [5.74, 6) is 0.583. The number of hydrogen-bond donors (Lipinski definition) is 1. The Morgan fingerprint density at radius 3 is 2.41 bits per heavy atom. The van der Waals surface area contributed by atoms with Crippen molar-refractivity contribution in [3.05, 3.63) is 124 Å². The number of hydrogen-bond acceptors (Lipinski definition) is 7. The van der Waals surface area contributed by atoms with Crippen LogP contribution in [0.15, 0.2) is 108 Å². The molecule has 0 aliphatic rings. The summed E-state index contributed by atoms with van der Waals surface area (Å²) in [7, 11) is 0. The molecule has 1 aromatic heterocycles. The molecule has 5 rings (SSSR count). The third-order valence-corrected chi connectivity index (χ3v) is 7.59. The number of fused-ring (bicyclic) bond motifs is 1. The lowest BCUT2D eigenvalue weighted by atomic mass is 10.2. The lowest BCUT2D eigenvalue weighted by Gasteiger charge is -2.13. The van der Waals surface area contributed by atoms with E-state index in [1.807, 2.05) is 54.6 Å². The van der Waals surface area contributed by atoms with Crippen molar-refractivity contribution in [2.75, 3.05) is 0 Å². The molecular weight excluding hydrogens is 560 g/mol. The summed E-state index contributed by atoms with van der Waals surface area (Å²) in [5, 5.41) is 5.19. The van der Waals surface area contributed by atoms with Crippen molar-refractivity contribution < 1.29 is 23.8 Å². The number of carbonyl (C=O) groups is 2. The first-order valence-corrected chi connectivity index (χ1v) is 13.9. The molecule has 9 heteroatoms. The number of hydrazone groups is 1. The van der Waals surface area contributed by atoms with Gasteiger partial charge in [0.25, 0.3) is 5.91 Å². The second kappa shape index (κ2) is 13.1. The first-order valence-electron chi connectivity index (χ1n) is 12.7. The number of halogens is 1. The van der Waals surface area contributed by atoms with Gasteiger partial charge in [0.15, 0.2) is 6.10 Å². The van der Waals surface area contributed by atoms with E-state index in [4.69, 9.17) is 25.8 Å². The third-order valence-electron chi connectivity index (χ3n) is 5.93. The van der Waals surface area contributed by atoms with Crippen LogP contribution < -0.4 is 19.6 Å². The van der Waals surface area contributed by atoms with Crippen LogP contribution in [0.5, 0.6) is 17.2 Å².